The zero-order valence-corrected chi connectivity index (χ0v) is 11.6. The van der Waals surface area contributed by atoms with Gasteiger partial charge in [0.15, 0.2) is 0 Å². The summed E-state index contributed by atoms with van der Waals surface area (Å²) in [6, 6.07) is 5.95. The molecule has 17 heavy (non-hydrogen) atoms. The average molecular weight is 269 g/mol. The molecule has 2 rings (SSSR count). The fraction of sp³-hybridized carbons (Fsp3) is 0.286. The Balaban J connectivity index is 2.43. The van der Waals surface area contributed by atoms with Crippen LogP contribution in [-0.4, -0.2) is 0 Å². The Morgan fingerprint density at radius 3 is 2.35 bits per heavy atom. The van der Waals surface area contributed by atoms with E-state index in [1.807, 2.05) is 39.0 Å². The minimum Gasteiger partial charge on any atom is -0.469 e. The SMILES string of the molecule is Cc1cc(C(Cl)c2cc(C)c(Cl)cc2C)co1. The molecule has 0 bridgehead atoms. The van der Waals surface area contributed by atoms with Crippen LogP contribution in [0.15, 0.2) is 28.9 Å². The molecule has 0 saturated heterocycles. The van der Waals surface area contributed by atoms with Gasteiger partial charge in [-0.25, -0.2) is 0 Å². The van der Waals surface area contributed by atoms with E-state index in [1.54, 1.807) is 6.26 Å². The van der Waals surface area contributed by atoms with Gasteiger partial charge in [0.2, 0.25) is 0 Å². The molecular weight excluding hydrogens is 255 g/mol. The highest BCUT2D eigenvalue weighted by molar-refractivity contribution is 6.31. The van der Waals surface area contributed by atoms with Crippen LogP contribution in [-0.2, 0) is 0 Å². The van der Waals surface area contributed by atoms with Crippen LogP contribution in [0.25, 0.3) is 0 Å². The normalized spacial score (nSPS) is 12.8. The van der Waals surface area contributed by atoms with Crippen LogP contribution in [0.3, 0.4) is 0 Å². The quantitative estimate of drug-likeness (QED) is 0.684. The smallest absolute Gasteiger partial charge is 0.101 e. The van der Waals surface area contributed by atoms with Crippen LogP contribution in [0.1, 0.15) is 33.4 Å². The Bertz CT molecular complexity index is 543. The van der Waals surface area contributed by atoms with Crippen molar-refractivity contribution in [3.63, 3.8) is 0 Å². The summed E-state index contributed by atoms with van der Waals surface area (Å²) >= 11 is 12.6. The van der Waals surface area contributed by atoms with Gasteiger partial charge < -0.3 is 4.42 Å². The standard InChI is InChI=1S/C14H14Cl2O/c1-8-5-13(15)9(2)4-12(8)14(16)11-6-10(3)17-7-11/h4-7,14H,1-3H3. The molecule has 1 aromatic heterocycles. The molecule has 0 spiro atoms. The molecule has 1 aromatic carbocycles. The number of benzene rings is 1. The van der Waals surface area contributed by atoms with Gasteiger partial charge in [0, 0.05) is 10.6 Å². The first-order valence-corrected chi connectivity index (χ1v) is 6.26. The van der Waals surface area contributed by atoms with E-state index in [1.165, 1.54) is 0 Å². The zero-order chi connectivity index (χ0) is 12.6. The molecular formula is C14H14Cl2O. The number of rotatable bonds is 2. The lowest BCUT2D eigenvalue weighted by atomic mass is 9.99. The Morgan fingerprint density at radius 1 is 1.06 bits per heavy atom. The van der Waals surface area contributed by atoms with Crippen molar-refractivity contribution in [2.75, 3.05) is 0 Å². The highest BCUT2D eigenvalue weighted by Crippen LogP contribution is 2.34. The van der Waals surface area contributed by atoms with Gasteiger partial charge in [-0.05, 0) is 49.6 Å². The second-order valence-corrected chi connectivity index (χ2v) is 5.15. The summed E-state index contributed by atoms with van der Waals surface area (Å²) in [6.07, 6.45) is 1.70. The highest BCUT2D eigenvalue weighted by atomic mass is 35.5. The molecule has 0 aliphatic heterocycles. The average Bonchev–Trinajstić information content (AvgIpc) is 2.69. The van der Waals surface area contributed by atoms with Gasteiger partial charge in [0.1, 0.15) is 5.76 Å². The lowest BCUT2D eigenvalue weighted by Gasteiger charge is -2.13. The van der Waals surface area contributed by atoms with Crippen LogP contribution in [0, 0.1) is 20.8 Å². The zero-order valence-electron chi connectivity index (χ0n) is 10.1. The van der Waals surface area contributed by atoms with Gasteiger partial charge in [-0.2, -0.15) is 0 Å². The van der Waals surface area contributed by atoms with Crippen molar-refractivity contribution in [1.82, 2.24) is 0 Å². The molecule has 0 aliphatic rings. The predicted molar refractivity (Wildman–Crippen MR) is 72.1 cm³/mol. The van der Waals surface area contributed by atoms with Crippen molar-refractivity contribution < 1.29 is 4.42 Å². The third-order valence-corrected chi connectivity index (χ3v) is 3.76. The number of alkyl halides is 1. The summed E-state index contributed by atoms with van der Waals surface area (Å²) in [5.41, 5.74) is 4.20. The van der Waals surface area contributed by atoms with Gasteiger partial charge in [-0.15, -0.1) is 11.6 Å². The van der Waals surface area contributed by atoms with Crippen LogP contribution >= 0.6 is 23.2 Å². The summed E-state index contributed by atoms with van der Waals surface area (Å²) in [6.45, 7) is 5.91. The van der Waals surface area contributed by atoms with Gasteiger partial charge in [0.25, 0.3) is 0 Å². The Hall–Kier alpha value is -0.920. The molecule has 0 fully saturated rings. The van der Waals surface area contributed by atoms with Crippen LogP contribution in [0.5, 0.6) is 0 Å². The summed E-state index contributed by atoms with van der Waals surface area (Å²) < 4.78 is 5.29. The predicted octanol–water partition coefficient (Wildman–Crippen LogP) is 5.19. The second-order valence-electron chi connectivity index (χ2n) is 4.31. The molecule has 0 aliphatic carbocycles. The maximum atomic E-state index is 6.47. The second kappa shape index (κ2) is 4.75. The number of hydrogen-bond acceptors (Lipinski definition) is 1. The lowest BCUT2D eigenvalue weighted by Crippen LogP contribution is -1.96. The molecule has 1 nitrogen and oxygen atoms in total. The van der Waals surface area contributed by atoms with E-state index < -0.39 is 0 Å². The molecule has 1 unspecified atom stereocenters. The van der Waals surface area contributed by atoms with Crippen molar-refractivity contribution in [2.24, 2.45) is 0 Å². The van der Waals surface area contributed by atoms with E-state index in [0.29, 0.717) is 0 Å². The van der Waals surface area contributed by atoms with Crippen molar-refractivity contribution in [3.8, 4) is 0 Å². The molecule has 1 heterocycles. The molecule has 1 atom stereocenters. The van der Waals surface area contributed by atoms with E-state index >= 15 is 0 Å². The highest BCUT2D eigenvalue weighted by Gasteiger charge is 2.16. The van der Waals surface area contributed by atoms with Crippen molar-refractivity contribution in [2.45, 2.75) is 26.1 Å². The van der Waals surface area contributed by atoms with Gasteiger partial charge in [-0.3, -0.25) is 0 Å². The summed E-state index contributed by atoms with van der Waals surface area (Å²) in [4.78, 5) is 0. The Kier molecular flexibility index (Phi) is 3.50. The minimum atomic E-state index is -0.191. The van der Waals surface area contributed by atoms with Crippen LogP contribution in [0.2, 0.25) is 5.02 Å². The van der Waals surface area contributed by atoms with E-state index in [4.69, 9.17) is 27.6 Å². The molecule has 90 valence electrons. The molecule has 0 N–H and O–H groups in total. The number of furan rings is 1. The fourth-order valence-corrected chi connectivity index (χ4v) is 2.42. The third-order valence-electron chi connectivity index (χ3n) is 2.86. The number of halogens is 2. The Labute approximate surface area is 111 Å². The van der Waals surface area contributed by atoms with Gasteiger partial charge in [0.05, 0.1) is 11.6 Å². The van der Waals surface area contributed by atoms with Crippen molar-refractivity contribution in [3.05, 3.63) is 57.5 Å². The van der Waals surface area contributed by atoms with Crippen LogP contribution in [0.4, 0.5) is 0 Å². The first-order valence-electron chi connectivity index (χ1n) is 5.45. The molecule has 0 saturated carbocycles. The number of hydrogen-bond donors (Lipinski definition) is 0. The van der Waals surface area contributed by atoms with Gasteiger partial charge >= 0.3 is 0 Å². The summed E-state index contributed by atoms with van der Waals surface area (Å²) in [5.74, 6) is 0.869. The van der Waals surface area contributed by atoms with Gasteiger partial charge in [-0.1, -0.05) is 17.7 Å². The first-order chi connectivity index (χ1) is 7.99. The summed E-state index contributed by atoms with van der Waals surface area (Å²) in [7, 11) is 0. The maximum Gasteiger partial charge on any atom is 0.101 e. The van der Waals surface area contributed by atoms with E-state index in [9.17, 15) is 0 Å². The topological polar surface area (TPSA) is 13.1 Å². The third kappa shape index (κ3) is 2.51. The molecule has 0 amide bonds. The summed E-state index contributed by atoms with van der Waals surface area (Å²) in [5, 5.41) is 0.585. The van der Waals surface area contributed by atoms with Crippen molar-refractivity contribution >= 4 is 23.2 Å². The monoisotopic (exact) mass is 268 g/mol. The largest absolute Gasteiger partial charge is 0.469 e. The molecule has 3 heteroatoms. The molecule has 0 radical (unpaired) electrons. The van der Waals surface area contributed by atoms with Crippen LogP contribution < -0.4 is 0 Å². The number of aryl methyl sites for hydroxylation is 3. The fourth-order valence-electron chi connectivity index (χ4n) is 1.85. The van der Waals surface area contributed by atoms with E-state index in [0.717, 1.165) is 33.0 Å². The van der Waals surface area contributed by atoms with E-state index in [-0.39, 0.29) is 5.38 Å². The maximum absolute atomic E-state index is 6.47. The van der Waals surface area contributed by atoms with Crippen molar-refractivity contribution in [1.29, 1.82) is 0 Å². The minimum absolute atomic E-state index is 0.191. The lowest BCUT2D eigenvalue weighted by molar-refractivity contribution is 0.532. The Morgan fingerprint density at radius 2 is 1.76 bits per heavy atom. The first kappa shape index (κ1) is 12.5. The molecule has 2 aromatic rings. The van der Waals surface area contributed by atoms with E-state index in [2.05, 4.69) is 0 Å².